The summed E-state index contributed by atoms with van der Waals surface area (Å²) in [7, 11) is 0. The molecule has 0 aliphatic carbocycles. The van der Waals surface area contributed by atoms with E-state index < -0.39 is 0 Å². The molecule has 5 nitrogen and oxygen atoms in total. The molecule has 0 saturated carbocycles. The van der Waals surface area contributed by atoms with Crippen LogP contribution < -0.4 is 10.1 Å². The third-order valence-electron chi connectivity index (χ3n) is 4.04. The molecular weight excluding hydrogens is 438 g/mol. The average Bonchev–Trinajstić information content (AvgIpc) is 2.66. The standard InChI is InChI=1S/C21H20BrN3O2S/c1-13-11-19(15(3)10-17(13)22)28-12-20(26)25-18-6-5-16(9-14(18)2)27-21-23-7-4-8-24-21/h4-11H,12H2,1-3H3,(H,25,26). The number of aryl methyl sites for hydroxylation is 3. The lowest BCUT2D eigenvalue weighted by Gasteiger charge is -2.11. The second kappa shape index (κ2) is 9.21. The predicted octanol–water partition coefficient (Wildman–Crippen LogP) is 5.69. The summed E-state index contributed by atoms with van der Waals surface area (Å²) in [4.78, 5) is 21.6. The molecule has 1 amide bonds. The first kappa shape index (κ1) is 20.4. The van der Waals surface area contributed by atoms with E-state index in [0.29, 0.717) is 11.5 Å². The maximum absolute atomic E-state index is 12.4. The van der Waals surface area contributed by atoms with E-state index in [1.807, 2.05) is 32.9 Å². The van der Waals surface area contributed by atoms with Gasteiger partial charge in [-0.3, -0.25) is 4.79 Å². The maximum atomic E-state index is 12.4. The van der Waals surface area contributed by atoms with Crippen molar-refractivity contribution >= 4 is 39.3 Å². The van der Waals surface area contributed by atoms with Crippen molar-refractivity contribution in [2.24, 2.45) is 0 Å². The van der Waals surface area contributed by atoms with Crippen LogP contribution in [0, 0.1) is 20.8 Å². The Kier molecular flexibility index (Phi) is 6.70. The van der Waals surface area contributed by atoms with Crippen LogP contribution >= 0.6 is 27.7 Å². The van der Waals surface area contributed by atoms with Crippen LogP contribution in [0.25, 0.3) is 0 Å². The lowest BCUT2D eigenvalue weighted by molar-refractivity contribution is -0.113. The number of rotatable bonds is 6. The SMILES string of the molecule is Cc1cc(SCC(=O)Nc2ccc(Oc3ncccn3)cc2C)c(C)cc1Br. The van der Waals surface area contributed by atoms with Crippen LogP contribution in [0.2, 0.25) is 0 Å². The molecule has 0 fully saturated rings. The fourth-order valence-electron chi connectivity index (χ4n) is 2.52. The Labute approximate surface area is 177 Å². The third-order valence-corrected chi connectivity index (χ3v) is 6.05. The molecule has 7 heteroatoms. The van der Waals surface area contributed by atoms with E-state index in [1.54, 1.807) is 24.5 Å². The van der Waals surface area contributed by atoms with Crippen molar-refractivity contribution in [3.63, 3.8) is 0 Å². The highest BCUT2D eigenvalue weighted by Gasteiger charge is 2.10. The average molecular weight is 458 g/mol. The van der Waals surface area contributed by atoms with E-state index in [0.717, 1.165) is 31.7 Å². The van der Waals surface area contributed by atoms with Crippen LogP contribution in [-0.2, 0) is 4.79 Å². The topological polar surface area (TPSA) is 64.1 Å². The second-order valence-corrected chi connectivity index (χ2v) is 8.19. The van der Waals surface area contributed by atoms with Crippen LogP contribution in [0.4, 0.5) is 5.69 Å². The van der Waals surface area contributed by atoms with Crippen molar-refractivity contribution in [2.75, 3.05) is 11.1 Å². The lowest BCUT2D eigenvalue weighted by atomic mass is 10.2. The molecule has 3 rings (SSSR count). The Morgan fingerprint density at radius 3 is 2.54 bits per heavy atom. The molecule has 0 saturated heterocycles. The van der Waals surface area contributed by atoms with Gasteiger partial charge in [-0.2, -0.15) is 0 Å². The molecule has 0 aliphatic heterocycles. The monoisotopic (exact) mass is 457 g/mol. The summed E-state index contributed by atoms with van der Waals surface area (Å²) >= 11 is 5.07. The van der Waals surface area contributed by atoms with Crippen molar-refractivity contribution in [1.82, 2.24) is 9.97 Å². The molecule has 28 heavy (non-hydrogen) atoms. The van der Waals surface area contributed by atoms with E-state index in [1.165, 1.54) is 11.8 Å². The van der Waals surface area contributed by atoms with Gasteiger partial charge in [-0.15, -0.1) is 11.8 Å². The number of hydrogen-bond acceptors (Lipinski definition) is 5. The molecule has 3 aromatic rings. The number of thioether (sulfide) groups is 1. The van der Waals surface area contributed by atoms with E-state index in [-0.39, 0.29) is 11.9 Å². The minimum absolute atomic E-state index is 0.0480. The molecule has 1 heterocycles. The molecule has 144 valence electrons. The molecule has 0 atom stereocenters. The molecule has 0 radical (unpaired) electrons. The Bertz CT molecular complexity index is 996. The van der Waals surface area contributed by atoms with Crippen LogP contribution in [0.3, 0.4) is 0 Å². The van der Waals surface area contributed by atoms with Gasteiger partial charge in [0.15, 0.2) is 0 Å². The fourth-order valence-corrected chi connectivity index (χ4v) is 3.89. The Morgan fingerprint density at radius 1 is 1.07 bits per heavy atom. The summed E-state index contributed by atoms with van der Waals surface area (Å²) in [6, 6.07) is 11.7. The number of hydrogen-bond donors (Lipinski definition) is 1. The predicted molar refractivity (Wildman–Crippen MR) is 116 cm³/mol. The number of nitrogens with one attached hydrogen (secondary N) is 1. The summed E-state index contributed by atoms with van der Waals surface area (Å²) in [5, 5.41) is 2.96. The highest BCUT2D eigenvalue weighted by molar-refractivity contribution is 9.10. The normalized spacial score (nSPS) is 10.6. The highest BCUT2D eigenvalue weighted by atomic mass is 79.9. The smallest absolute Gasteiger partial charge is 0.321 e. The number of anilines is 1. The lowest BCUT2D eigenvalue weighted by Crippen LogP contribution is -2.15. The van der Waals surface area contributed by atoms with Crippen molar-refractivity contribution < 1.29 is 9.53 Å². The van der Waals surface area contributed by atoms with Crippen LogP contribution in [0.1, 0.15) is 16.7 Å². The van der Waals surface area contributed by atoms with Crippen LogP contribution in [0.5, 0.6) is 11.8 Å². The Morgan fingerprint density at radius 2 is 1.82 bits per heavy atom. The van der Waals surface area contributed by atoms with Gasteiger partial charge in [-0.05, 0) is 73.9 Å². The van der Waals surface area contributed by atoms with E-state index in [4.69, 9.17) is 4.74 Å². The zero-order valence-corrected chi connectivity index (χ0v) is 18.2. The van der Waals surface area contributed by atoms with Gasteiger partial charge < -0.3 is 10.1 Å². The van der Waals surface area contributed by atoms with Gasteiger partial charge in [0.25, 0.3) is 0 Å². The second-order valence-electron chi connectivity index (χ2n) is 6.31. The number of halogens is 1. The van der Waals surface area contributed by atoms with Gasteiger partial charge in [-0.25, -0.2) is 9.97 Å². The van der Waals surface area contributed by atoms with E-state index in [9.17, 15) is 4.79 Å². The minimum atomic E-state index is -0.0480. The van der Waals surface area contributed by atoms with Crippen LogP contribution in [-0.4, -0.2) is 21.6 Å². The summed E-state index contributed by atoms with van der Waals surface area (Å²) in [5.41, 5.74) is 3.97. The molecule has 0 unspecified atom stereocenters. The molecule has 2 aromatic carbocycles. The zero-order chi connectivity index (χ0) is 20.1. The molecule has 0 bridgehead atoms. The van der Waals surface area contributed by atoms with Crippen molar-refractivity contribution in [3.8, 4) is 11.8 Å². The maximum Gasteiger partial charge on any atom is 0.321 e. The first-order valence-electron chi connectivity index (χ1n) is 8.67. The zero-order valence-electron chi connectivity index (χ0n) is 15.8. The molecule has 0 spiro atoms. The summed E-state index contributed by atoms with van der Waals surface area (Å²) < 4.78 is 6.70. The quantitative estimate of drug-likeness (QED) is 0.481. The minimum Gasteiger partial charge on any atom is -0.424 e. The Hall–Kier alpha value is -2.38. The number of benzene rings is 2. The molecular formula is C21H20BrN3O2S. The van der Waals surface area contributed by atoms with Gasteiger partial charge in [0.2, 0.25) is 5.91 Å². The number of amides is 1. The fraction of sp³-hybridized carbons (Fsp3) is 0.190. The summed E-state index contributed by atoms with van der Waals surface area (Å²) in [5.74, 6) is 0.919. The molecule has 0 aliphatic rings. The van der Waals surface area contributed by atoms with Gasteiger partial charge >= 0.3 is 6.01 Å². The first-order chi connectivity index (χ1) is 13.4. The number of ether oxygens (including phenoxy) is 1. The summed E-state index contributed by atoms with van der Waals surface area (Å²) in [6.07, 6.45) is 3.24. The van der Waals surface area contributed by atoms with Gasteiger partial charge in [0.1, 0.15) is 5.75 Å². The largest absolute Gasteiger partial charge is 0.424 e. The summed E-state index contributed by atoms with van der Waals surface area (Å²) in [6.45, 7) is 6.01. The van der Waals surface area contributed by atoms with Crippen molar-refractivity contribution in [3.05, 3.63) is 70.0 Å². The van der Waals surface area contributed by atoms with Gasteiger partial charge in [0, 0.05) is 27.4 Å². The van der Waals surface area contributed by atoms with E-state index >= 15 is 0 Å². The van der Waals surface area contributed by atoms with Crippen molar-refractivity contribution in [1.29, 1.82) is 0 Å². The number of carbonyl (C=O) groups is 1. The van der Waals surface area contributed by atoms with Gasteiger partial charge in [-0.1, -0.05) is 15.9 Å². The third kappa shape index (κ3) is 5.33. The number of nitrogens with zero attached hydrogens (tertiary/aromatic N) is 2. The van der Waals surface area contributed by atoms with E-state index in [2.05, 4.69) is 43.3 Å². The van der Waals surface area contributed by atoms with Crippen molar-refractivity contribution in [2.45, 2.75) is 25.7 Å². The van der Waals surface area contributed by atoms with Gasteiger partial charge in [0.05, 0.1) is 5.75 Å². The first-order valence-corrected chi connectivity index (χ1v) is 10.4. The molecule has 1 N–H and O–H groups in total. The van der Waals surface area contributed by atoms with Crippen LogP contribution in [0.15, 0.2) is 58.2 Å². The Balaban J connectivity index is 1.60. The molecule has 1 aromatic heterocycles. The highest BCUT2D eigenvalue weighted by Crippen LogP contribution is 2.29. The number of aromatic nitrogens is 2. The number of carbonyl (C=O) groups excluding carboxylic acids is 1.